The molecule has 0 spiro atoms. The van der Waals surface area contributed by atoms with Crippen molar-refractivity contribution >= 4 is 28.6 Å². The summed E-state index contributed by atoms with van der Waals surface area (Å²) in [6, 6.07) is 7.81. The molecule has 0 aliphatic heterocycles. The number of thioether (sulfide) groups is 1. The van der Waals surface area contributed by atoms with Gasteiger partial charge in [0.15, 0.2) is 0 Å². The maximum Gasteiger partial charge on any atom is 0.354 e. The van der Waals surface area contributed by atoms with Crippen LogP contribution in [0.1, 0.15) is 17.4 Å². The van der Waals surface area contributed by atoms with Gasteiger partial charge in [0, 0.05) is 15.8 Å². The molecule has 1 aromatic carbocycles. The maximum atomic E-state index is 11.6. The van der Waals surface area contributed by atoms with Gasteiger partial charge in [0.05, 0.1) is 6.61 Å². The van der Waals surface area contributed by atoms with Crippen molar-refractivity contribution in [2.24, 2.45) is 0 Å². The standard InChI is InChI=1S/C12H13NO2S/c1-3-15-12(14)10-7-8-9(13-10)5-4-6-11(8)16-2/h4-7,13H,3H2,1-2H3. The minimum Gasteiger partial charge on any atom is -0.461 e. The van der Waals surface area contributed by atoms with Crippen LogP contribution in [-0.2, 0) is 4.74 Å². The number of hydrogen-bond acceptors (Lipinski definition) is 3. The fourth-order valence-corrected chi connectivity index (χ4v) is 2.23. The van der Waals surface area contributed by atoms with Gasteiger partial charge in [-0.05, 0) is 31.4 Å². The summed E-state index contributed by atoms with van der Waals surface area (Å²) >= 11 is 1.66. The molecule has 84 valence electrons. The smallest absolute Gasteiger partial charge is 0.354 e. The molecule has 0 saturated heterocycles. The topological polar surface area (TPSA) is 42.1 Å². The van der Waals surface area contributed by atoms with Crippen molar-refractivity contribution < 1.29 is 9.53 Å². The van der Waals surface area contributed by atoms with Crippen LogP contribution in [-0.4, -0.2) is 23.8 Å². The van der Waals surface area contributed by atoms with Gasteiger partial charge < -0.3 is 9.72 Å². The van der Waals surface area contributed by atoms with E-state index in [9.17, 15) is 4.79 Å². The van der Waals surface area contributed by atoms with E-state index in [-0.39, 0.29) is 5.97 Å². The zero-order chi connectivity index (χ0) is 11.5. The highest BCUT2D eigenvalue weighted by Gasteiger charge is 2.11. The lowest BCUT2D eigenvalue weighted by molar-refractivity contribution is 0.0520. The summed E-state index contributed by atoms with van der Waals surface area (Å²) in [4.78, 5) is 15.8. The van der Waals surface area contributed by atoms with E-state index in [4.69, 9.17) is 4.74 Å². The number of carbonyl (C=O) groups is 1. The van der Waals surface area contributed by atoms with Crippen molar-refractivity contribution in [2.45, 2.75) is 11.8 Å². The SMILES string of the molecule is CCOC(=O)c1cc2c(SC)cccc2[nH]1. The summed E-state index contributed by atoms with van der Waals surface area (Å²) in [5.74, 6) is -0.300. The Kier molecular flexibility index (Phi) is 3.19. The first-order chi connectivity index (χ1) is 7.76. The number of carbonyl (C=O) groups excluding carboxylic acids is 1. The number of nitrogens with one attached hydrogen (secondary N) is 1. The second-order valence-corrected chi connectivity index (χ2v) is 4.17. The maximum absolute atomic E-state index is 11.6. The number of hydrogen-bond donors (Lipinski definition) is 1. The van der Waals surface area contributed by atoms with Crippen LogP contribution in [0.4, 0.5) is 0 Å². The average molecular weight is 235 g/mol. The van der Waals surface area contributed by atoms with Gasteiger partial charge in [-0.2, -0.15) is 0 Å². The molecule has 0 bridgehead atoms. The fourth-order valence-electron chi connectivity index (χ4n) is 1.62. The Hall–Kier alpha value is -1.42. The van der Waals surface area contributed by atoms with E-state index in [2.05, 4.69) is 4.98 Å². The van der Waals surface area contributed by atoms with Crippen LogP contribution in [0, 0.1) is 0 Å². The molecule has 4 heteroatoms. The fraction of sp³-hybridized carbons (Fsp3) is 0.250. The molecular formula is C12H13NO2S. The summed E-state index contributed by atoms with van der Waals surface area (Å²) in [5, 5.41) is 1.07. The summed E-state index contributed by atoms with van der Waals surface area (Å²) in [7, 11) is 0. The molecule has 0 fully saturated rings. The molecule has 0 aliphatic carbocycles. The van der Waals surface area contributed by atoms with Crippen molar-refractivity contribution in [3.63, 3.8) is 0 Å². The number of rotatable bonds is 3. The predicted molar refractivity (Wildman–Crippen MR) is 66.0 cm³/mol. The zero-order valence-corrected chi connectivity index (χ0v) is 10.1. The van der Waals surface area contributed by atoms with E-state index in [1.807, 2.05) is 30.5 Å². The lowest BCUT2D eigenvalue weighted by atomic mass is 10.2. The quantitative estimate of drug-likeness (QED) is 0.656. The van der Waals surface area contributed by atoms with Crippen molar-refractivity contribution in [2.75, 3.05) is 12.9 Å². The molecule has 1 aromatic heterocycles. The largest absolute Gasteiger partial charge is 0.461 e. The number of aromatic nitrogens is 1. The molecular weight excluding hydrogens is 222 g/mol. The highest BCUT2D eigenvalue weighted by atomic mass is 32.2. The van der Waals surface area contributed by atoms with Crippen molar-refractivity contribution in [1.29, 1.82) is 0 Å². The Morgan fingerprint density at radius 3 is 3.00 bits per heavy atom. The normalized spacial score (nSPS) is 10.6. The first-order valence-corrected chi connectivity index (χ1v) is 6.31. The van der Waals surface area contributed by atoms with Crippen LogP contribution in [0.3, 0.4) is 0 Å². The van der Waals surface area contributed by atoms with Gasteiger partial charge in [-0.3, -0.25) is 0 Å². The summed E-state index contributed by atoms with van der Waals surface area (Å²) in [5.41, 5.74) is 1.48. The third-order valence-corrected chi connectivity index (χ3v) is 3.14. The minimum atomic E-state index is -0.300. The third kappa shape index (κ3) is 1.93. The van der Waals surface area contributed by atoms with Crippen LogP contribution in [0.2, 0.25) is 0 Å². The molecule has 0 unspecified atom stereocenters. The Labute approximate surface area is 98.2 Å². The van der Waals surface area contributed by atoms with Crippen LogP contribution in [0.25, 0.3) is 10.9 Å². The van der Waals surface area contributed by atoms with Gasteiger partial charge in [0.2, 0.25) is 0 Å². The molecule has 1 N–H and O–H groups in total. The summed E-state index contributed by atoms with van der Waals surface area (Å²) in [6.07, 6.45) is 2.02. The van der Waals surface area contributed by atoms with Crippen molar-refractivity contribution in [3.05, 3.63) is 30.0 Å². The molecule has 0 radical (unpaired) electrons. The van der Waals surface area contributed by atoms with Crippen LogP contribution < -0.4 is 0 Å². The van der Waals surface area contributed by atoms with E-state index >= 15 is 0 Å². The minimum absolute atomic E-state index is 0.300. The van der Waals surface area contributed by atoms with Crippen molar-refractivity contribution in [3.8, 4) is 0 Å². The van der Waals surface area contributed by atoms with E-state index in [1.54, 1.807) is 18.7 Å². The van der Waals surface area contributed by atoms with Crippen LogP contribution >= 0.6 is 11.8 Å². The summed E-state index contributed by atoms with van der Waals surface area (Å²) in [6.45, 7) is 2.19. The predicted octanol–water partition coefficient (Wildman–Crippen LogP) is 3.07. The molecule has 0 saturated carbocycles. The molecule has 2 rings (SSSR count). The molecule has 2 aromatic rings. The number of benzene rings is 1. The molecule has 0 amide bonds. The molecule has 0 atom stereocenters. The summed E-state index contributed by atoms with van der Waals surface area (Å²) < 4.78 is 4.95. The Balaban J connectivity index is 2.47. The number of esters is 1. The number of aromatic amines is 1. The van der Waals surface area contributed by atoms with E-state index in [1.165, 1.54) is 0 Å². The lowest BCUT2D eigenvalue weighted by Crippen LogP contribution is -2.04. The van der Waals surface area contributed by atoms with E-state index in [0.717, 1.165) is 15.8 Å². The average Bonchev–Trinajstić information content (AvgIpc) is 2.72. The monoisotopic (exact) mass is 235 g/mol. The molecule has 1 heterocycles. The Bertz CT molecular complexity index is 519. The first-order valence-electron chi connectivity index (χ1n) is 5.09. The van der Waals surface area contributed by atoms with Gasteiger partial charge in [0.1, 0.15) is 5.69 Å². The van der Waals surface area contributed by atoms with Crippen LogP contribution in [0.5, 0.6) is 0 Å². The Morgan fingerprint density at radius 1 is 1.50 bits per heavy atom. The van der Waals surface area contributed by atoms with Gasteiger partial charge in [-0.15, -0.1) is 11.8 Å². The van der Waals surface area contributed by atoms with Gasteiger partial charge >= 0.3 is 5.97 Å². The van der Waals surface area contributed by atoms with Gasteiger partial charge in [-0.1, -0.05) is 6.07 Å². The van der Waals surface area contributed by atoms with E-state index in [0.29, 0.717) is 12.3 Å². The number of H-pyrrole nitrogens is 1. The molecule has 3 nitrogen and oxygen atoms in total. The highest BCUT2D eigenvalue weighted by Crippen LogP contribution is 2.26. The zero-order valence-electron chi connectivity index (χ0n) is 9.24. The van der Waals surface area contributed by atoms with Gasteiger partial charge in [-0.25, -0.2) is 4.79 Å². The molecule has 16 heavy (non-hydrogen) atoms. The lowest BCUT2D eigenvalue weighted by Gasteiger charge is -1.96. The second kappa shape index (κ2) is 4.61. The van der Waals surface area contributed by atoms with Crippen LogP contribution in [0.15, 0.2) is 29.2 Å². The second-order valence-electron chi connectivity index (χ2n) is 3.32. The third-order valence-electron chi connectivity index (χ3n) is 2.34. The number of ether oxygens (including phenoxy) is 1. The van der Waals surface area contributed by atoms with Crippen molar-refractivity contribution in [1.82, 2.24) is 4.98 Å². The Morgan fingerprint density at radius 2 is 2.31 bits per heavy atom. The number of fused-ring (bicyclic) bond motifs is 1. The van der Waals surface area contributed by atoms with E-state index < -0.39 is 0 Å². The highest BCUT2D eigenvalue weighted by molar-refractivity contribution is 7.98. The van der Waals surface area contributed by atoms with Gasteiger partial charge in [0.25, 0.3) is 0 Å². The molecule has 0 aliphatic rings. The first kappa shape index (κ1) is 11.1.